The molecule has 4 rings (SSSR count). The Bertz CT molecular complexity index is 877. The molecule has 1 saturated carbocycles. The Morgan fingerprint density at radius 1 is 0.944 bits per heavy atom. The van der Waals surface area contributed by atoms with Crippen LogP contribution in [-0.2, 0) is 4.79 Å². The SMILES string of the molecule is CCCC1C[C@@H](N(C(=O)N2CCC[C@H]2C(=O)N=O)c2ccccc2)CCN1[C@@H]1CCC[C@@H](CCC)C1. The number of hydrogen-bond donors (Lipinski definition) is 0. The molecule has 3 aliphatic rings. The Kier molecular flexibility index (Phi) is 9.52. The maximum Gasteiger partial charge on any atom is 0.325 e. The van der Waals surface area contributed by atoms with E-state index in [0.29, 0.717) is 25.0 Å². The largest absolute Gasteiger partial charge is 0.325 e. The molecular weight excluding hydrogens is 452 g/mol. The number of hydrogen-bond acceptors (Lipinski definition) is 4. The molecule has 7 nitrogen and oxygen atoms in total. The average molecular weight is 497 g/mol. The smallest absolute Gasteiger partial charge is 0.312 e. The summed E-state index contributed by atoms with van der Waals surface area (Å²) in [7, 11) is 0. The van der Waals surface area contributed by atoms with E-state index >= 15 is 0 Å². The van der Waals surface area contributed by atoms with E-state index in [4.69, 9.17) is 0 Å². The monoisotopic (exact) mass is 496 g/mol. The van der Waals surface area contributed by atoms with E-state index < -0.39 is 11.9 Å². The van der Waals surface area contributed by atoms with Crippen molar-refractivity contribution in [3.05, 3.63) is 35.2 Å². The van der Waals surface area contributed by atoms with Gasteiger partial charge in [-0.15, -0.1) is 4.91 Å². The number of nitrogens with zero attached hydrogens (tertiary/aromatic N) is 4. The van der Waals surface area contributed by atoms with Crippen molar-refractivity contribution in [2.24, 2.45) is 11.1 Å². The van der Waals surface area contributed by atoms with Crippen LogP contribution in [0, 0.1) is 10.8 Å². The van der Waals surface area contributed by atoms with Gasteiger partial charge in [-0.2, -0.15) is 0 Å². The molecule has 5 atom stereocenters. The minimum Gasteiger partial charge on any atom is -0.312 e. The van der Waals surface area contributed by atoms with Crippen LogP contribution in [0.1, 0.15) is 90.9 Å². The summed E-state index contributed by atoms with van der Waals surface area (Å²) in [6.07, 6.45) is 13.3. The van der Waals surface area contributed by atoms with Gasteiger partial charge in [0.2, 0.25) is 0 Å². The van der Waals surface area contributed by atoms with E-state index in [1.807, 2.05) is 35.2 Å². The van der Waals surface area contributed by atoms with Gasteiger partial charge in [0.1, 0.15) is 6.04 Å². The number of likely N-dealkylation sites (tertiary alicyclic amines) is 2. The predicted octanol–water partition coefficient (Wildman–Crippen LogP) is 6.36. The highest BCUT2D eigenvalue weighted by Gasteiger charge is 2.42. The highest BCUT2D eigenvalue weighted by molar-refractivity contribution is 5.96. The number of nitroso groups, excluding NO2 is 1. The highest BCUT2D eigenvalue weighted by atomic mass is 16.3. The third-order valence-electron chi connectivity index (χ3n) is 8.76. The van der Waals surface area contributed by atoms with Gasteiger partial charge in [-0.1, -0.05) is 64.2 Å². The lowest BCUT2D eigenvalue weighted by Crippen LogP contribution is -2.58. The maximum atomic E-state index is 14.0. The van der Waals surface area contributed by atoms with Crippen molar-refractivity contribution >= 4 is 17.6 Å². The van der Waals surface area contributed by atoms with Crippen LogP contribution in [0.3, 0.4) is 0 Å². The molecule has 0 N–H and O–H groups in total. The maximum absolute atomic E-state index is 14.0. The molecule has 1 aromatic carbocycles. The summed E-state index contributed by atoms with van der Waals surface area (Å²) >= 11 is 0. The summed E-state index contributed by atoms with van der Waals surface area (Å²) in [6.45, 7) is 6.06. The molecule has 0 spiro atoms. The van der Waals surface area contributed by atoms with E-state index in [0.717, 1.165) is 50.3 Å². The van der Waals surface area contributed by atoms with Gasteiger partial charge < -0.3 is 4.90 Å². The Labute approximate surface area is 216 Å². The molecular formula is C29H44N4O3. The first-order valence-electron chi connectivity index (χ1n) is 14.3. The van der Waals surface area contributed by atoms with Crippen molar-refractivity contribution in [2.75, 3.05) is 18.0 Å². The van der Waals surface area contributed by atoms with Crippen molar-refractivity contribution in [1.82, 2.24) is 9.80 Å². The second-order valence-electron chi connectivity index (χ2n) is 11.1. The summed E-state index contributed by atoms with van der Waals surface area (Å²) in [4.78, 5) is 43.5. The molecule has 36 heavy (non-hydrogen) atoms. The fourth-order valence-corrected chi connectivity index (χ4v) is 7.13. The number of carbonyl (C=O) groups excluding carboxylic acids is 2. The summed E-state index contributed by atoms with van der Waals surface area (Å²) in [5.74, 6) is 0.124. The standard InChI is InChI=1S/C29H44N4O3/c1-3-10-22-12-8-15-25(20-22)31-19-17-26(21-24(31)11-4-2)33(23-13-6-5-7-14-23)29(35)32-18-9-16-27(32)28(34)30-36/h5-7,13-14,22,24-27H,3-4,8-12,15-21H2,1-2H3/t22-,24?,25-,26+,27+/m1/s1. The van der Waals surface area contributed by atoms with Gasteiger partial charge in [0.25, 0.3) is 0 Å². The van der Waals surface area contributed by atoms with Crippen LogP contribution < -0.4 is 4.90 Å². The van der Waals surface area contributed by atoms with Gasteiger partial charge in [-0.3, -0.25) is 14.6 Å². The number of carbonyl (C=O) groups is 2. The van der Waals surface area contributed by atoms with Crippen LogP contribution >= 0.6 is 0 Å². The molecule has 198 valence electrons. The van der Waals surface area contributed by atoms with Crippen LogP contribution in [0.2, 0.25) is 0 Å². The van der Waals surface area contributed by atoms with Crippen LogP contribution in [-0.4, -0.2) is 59.0 Å². The molecule has 1 unspecified atom stereocenters. The van der Waals surface area contributed by atoms with Gasteiger partial charge in [-0.05, 0) is 63.0 Å². The Balaban J connectivity index is 1.55. The number of urea groups is 1. The van der Waals surface area contributed by atoms with E-state index in [-0.39, 0.29) is 12.1 Å². The Morgan fingerprint density at radius 3 is 2.44 bits per heavy atom. The molecule has 0 radical (unpaired) electrons. The predicted molar refractivity (Wildman–Crippen MR) is 144 cm³/mol. The molecule has 0 aromatic heterocycles. The topological polar surface area (TPSA) is 73.3 Å². The van der Waals surface area contributed by atoms with Gasteiger partial charge >= 0.3 is 11.9 Å². The lowest BCUT2D eigenvalue weighted by Gasteiger charge is -2.49. The van der Waals surface area contributed by atoms with Gasteiger partial charge in [0.05, 0.1) is 0 Å². The second kappa shape index (κ2) is 12.8. The highest BCUT2D eigenvalue weighted by Crippen LogP contribution is 2.37. The molecule has 2 aliphatic heterocycles. The van der Waals surface area contributed by atoms with E-state index in [1.54, 1.807) is 4.90 Å². The van der Waals surface area contributed by atoms with Crippen molar-refractivity contribution in [3.8, 4) is 0 Å². The number of amides is 3. The number of piperidine rings is 1. The first kappa shape index (κ1) is 26.8. The average Bonchev–Trinajstić information content (AvgIpc) is 3.40. The zero-order valence-electron chi connectivity index (χ0n) is 22.2. The fraction of sp³-hybridized carbons (Fsp3) is 0.724. The first-order valence-corrected chi connectivity index (χ1v) is 14.3. The molecule has 3 amide bonds. The lowest BCUT2D eigenvalue weighted by molar-refractivity contribution is -0.121. The normalized spacial score (nSPS) is 29.2. The van der Waals surface area contributed by atoms with Crippen LogP contribution in [0.4, 0.5) is 10.5 Å². The summed E-state index contributed by atoms with van der Waals surface area (Å²) in [6, 6.07) is 10.2. The van der Waals surface area contributed by atoms with E-state index in [2.05, 4.69) is 23.9 Å². The number of benzene rings is 1. The van der Waals surface area contributed by atoms with Gasteiger partial charge in [0, 0.05) is 42.1 Å². The minimum absolute atomic E-state index is 0.0725. The molecule has 0 bridgehead atoms. The number of rotatable bonds is 8. The van der Waals surface area contributed by atoms with Crippen molar-refractivity contribution in [3.63, 3.8) is 0 Å². The molecule has 7 heteroatoms. The number of anilines is 1. The molecule has 3 fully saturated rings. The van der Waals surface area contributed by atoms with Crippen molar-refractivity contribution in [2.45, 2.75) is 115 Å². The second-order valence-corrected chi connectivity index (χ2v) is 11.1. The van der Waals surface area contributed by atoms with E-state index in [1.165, 1.54) is 38.5 Å². The van der Waals surface area contributed by atoms with Crippen LogP contribution in [0.15, 0.2) is 35.5 Å². The van der Waals surface area contributed by atoms with E-state index in [9.17, 15) is 14.5 Å². The Hall–Kier alpha value is -2.28. The zero-order valence-corrected chi connectivity index (χ0v) is 22.2. The van der Waals surface area contributed by atoms with Gasteiger partial charge in [-0.25, -0.2) is 4.79 Å². The quantitative estimate of drug-likeness (QED) is 0.392. The zero-order chi connectivity index (χ0) is 25.5. The van der Waals surface area contributed by atoms with Gasteiger partial charge in [0.15, 0.2) is 0 Å². The summed E-state index contributed by atoms with van der Waals surface area (Å²) < 4.78 is 0. The molecule has 2 heterocycles. The van der Waals surface area contributed by atoms with Crippen molar-refractivity contribution in [1.29, 1.82) is 0 Å². The first-order chi connectivity index (χ1) is 17.6. The summed E-state index contributed by atoms with van der Waals surface area (Å²) in [5.41, 5.74) is 0.869. The third kappa shape index (κ3) is 5.99. The van der Waals surface area contributed by atoms with Crippen molar-refractivity contribution < 1.29 is 9.59 Å². The Morgan fingerprint density at radius 2 is 1.72 bits per heavy atom. The fourth-order valence-electron chi connectivity index (χ4n) is 7.13. The lowest BCUT2D eigenvalue weighted by atomic mass is 9.80. The summed E-state index contributed by atoms with van der Waals surface area (Å²) in [5, 5.41) is 2.66. The van der Waals surface area contributed by atoms with Crippen LogP contribution in [0.25, 0.3) is 0 Å². The molecule has 2 saturated heterocycles. The third-order valence-corrected chi connectivity index (χ3v) is 8.76. The minimum atomic E-state index is -0.731. The molecule has 1 aromatic rings. The van der Waals surface area contributed by atoms with Crippen LogP contribution in [0.5, 0.6) is 0 Å². The molecule has 1 aliphatic carbocycles. The number of para-hydroxylation sites is 1.